The molecular weight excluding hydrogens is 464 g/mol. The fraction of sp³-hybridized carbons (Fsp3) is 0.312. The zero-order valence-electron chi connectivity index (χ0n) is 22.1. The van der Waals surface area contributed by atoms with Gasteiger partial charge in [0.25, 0.3) is 0 Å². The van der Waals surface area contributed by atoms with E-state index in [-0.39, 0.29) is 6.61 Å². The Morgan fingerprint density at radius 3 is 1.57 bits per heavy atom. The molecular formula is C32H36O5. The second kappa shape index (κ2) is 12.5. The highest BCUT2D eigenvalue weighted by Crippen LogP contribution is 2.41. The summed E-state index contributed by atoms with van der Waals surface area (Å²) in [5.74, 6) is -2.96. The van der Waals surface area contributed by atoms with E-state index in [9.17, 15) is 9.59 Å². The van der Waals surface area contributed by atoms with E-state index in [0.29, 0.717) is 6.42 Å². The Bertz CT molecular complexity index is 1050. The van der Waals surface area contributed by atoms with Crippen molar-refractivity contribution < 1.29 is 23.8 Å². The van der Waals surface area contributed by atoms with E-state index in [1.54, 1.807) is 26.8 Å². The van der Waals surface area contributed by atoms with Crippen molar-refractivity contribution in [2.24, 2.45) is 11.8 Å². The molecule has 0 aliphatic heterocycles. The van der Waals surface area contributed by atoms with Crippen LogP contribution in [0.5, 0.6) is 0 Å². The smallest absolute Gasteiger partial charge is 0.321 e. The van der Waals surface area contributed by atoms with Crippen LogP contribution in [0.3, 0.4) is 0 Å². The Morgan fingerprint density at radius 2 is 1.22 bits per heavy atom. The molecule has 0 heterocycles. The summed E-state index contributed by atoms with van der Waals surface area (Å²) in [7, 11) is 1.27. The van der Waals surface area contributed by atoms with Gasteiger partial charge in [0, 0.05) is 12.5 Å². The number of benzene rings is 3. The van der Waals surface area contributed by atoms with Gasteiger partial charge < -0.3 is 14.2 Å². The number of esters is 2. The number of rotatable bonds is 11. The lowest BCUT2D eigenvalue weighted by molar-refractivity contribution is -0.170. The predicted molar refractivity (Wildman–Crippen MR) is 145 cm³/mol. The summed E-state index contributed by atoms with van der Waals surface area (Å²) in [6, 6.07) is 30.1. The summed E-state index contributed by atoms with van der Waals surface area (Å²) in [5, 5.41) is 0. The molecule has 0 spiro atoms. The van der Waals surface area contributed by atoms with E-state index in [2.05, 4.69) is 6.58 Å². The first-order valence-electron chi connectivity index (χ1n) is 12.5. The molecule has 37 heavy (non-hydrogen) atoms. The normalized spacial score (nSPS) is 13.3. The topological polar surface area (TPSA) is 61.8 Å². The van der Waals surface area contributed by atoms with Gasteiger partial charge in [-0.3, -0.25) is 9.59 Å². The monoisotopic (exact) mass is 500 g/mol. The molecule has 0 saturated heterocycles. The Hall–Kier alpha value is -3.70. The van der Waals surface area contributed by atoms with Gasteiger partial charge in [-0.15, -0.1) is 6.58 Å². The summed E-state index contributed by atoms with van der Waals surface area (Å²) < 4.78 is 17.3. The SMILES string of the molecule is C=C[C@@H](CCOC(c1ccccc1)(c1ccccc1)c1ccccc1)C(C(=O)OC)C(=O)OC(C)(C)C. The minimum absolute atomic E-state index is 0.242. The number of allylic oxidation sites excluding steroid dienone is 1. The summed E-state index contributed by atoms with van der Waals surface area (Å²) in [6.07, 6.45) is 1.96. The third-order valence-corrected chi connectivity index (χ3v) is 6.16. The Labute approximate surface area is 220 Å². The molecule has 0 saturated carbocycles. The van der Waals surface area contributed by atoms with Crippen molar-refractivity contribution in [1.82, 2.24) is 0 Å². The van der Waals surface area contributed by atoms with Crippen LogP contribution in [0.15, 0.2) is 104 Å². The van der Waals surface area contributed by atoms with Crippen LogP contribution in [0, 0.1) is 11.8 Å². The number of carbonyl (C=O) groups excluding carboxylic acids is 2. The Balaban J connectivity index is 1.98. The fourth-order valence-electron chi connectivity index (χ4n) is 4.48. The van der Waals surface area contributed by atoms with Gasteiger partial charge in [-0.25, -0.2) is 0 Å². The van der Waals surface area contributed by atoms with Gasteiger partial charge in [0.2, 0.25) is 0 Å². The second-order valence-corrected chi connectivity index (χ2v) is 9.85. The molecule has 5 nitrogen and oxygen atoms in total. The van der Waals surface area contributed by atoms with Crippen LogP contribution >= 0.6 is 0 Å². The zero-order chi connectivity index (χ0) is 26.9. The molecule has 0 fully saturated rings. The van der Waals surface area contributed by atoms with Gasteiger partial charge >= 0.3 is 11.9 Å². The number of carbonyl (C=O) groups is 2. The molecule has 194 valence electrons. The molecule has 1 unspecified atom stereocenters. The van der Waals surface area contributed by atoms with E-state index in [1.807, 2.05) is 91.0 Å². The van der Waals surface area contributed by atoms with Crippen LogP contribution in [0.4, 0.5) is 0 Å². The zero-order valence-corrected chi connectivity index (χ0v) is 22.1. The van der Waals surface area contributed by atoms with E-state index in [4.69, 9.17) is 14.2 Å². The van der Waals surface area contributed by atoms with Crippen molar-refractivity contribution in [1.29, 1.82) is 0 Å². The molecule has 0 bridgehead atoms. The quantitative estimate of drug-likeness (QED) is 0.133. The predicted octanol–water partition coefficient (Wildman–Crippen LogP) is 6.32. The largest absolute Gasteiger partial charge is 0.468 e. The molecule has 0 aliphatic rings. The first kappa shape index (κ1) is 27.9. The van der Waals surface area contributed by atoms with Crippen LogP contribution in [0.2, 0.25) is 0 Å². The van der Waals surface area contributed by atoms with Crippen molar-refractivity contribution in [3.8, 4) is 0 Å². The van der Waals surface area contributed by atoms with Crippen molar-refractivity contribution in [3.05, 3.63) is 120 Å². The standard InChI is InChI=1S/C32H36O5/c1-6-24(28(29(33)35-5)30(34)37-31(2,3)4)22-23-36-32(25-16-10-7-11-17-25,26-18-12-8-13-19-26)27-20-14-9-15-21-27/h6-21,24,28H,1,22-23H2,2-5H3/t24-,28?/m0/s1. The number of methoxy groups -OCH3 is 1. The van der Waals surface area contributed by atoms with E-state index < -0.39 is 35.0 Å². The molecule has 3 rings (SSSR count). The van der Waals surface area contributed by atoms with Gasteiger partial charge in [-0.05, 0) is 43.9 Å². The third kappa shape index (κ3) is 6.75. The second-order valence-electron chi connectivity index (χ2n) is 9.85. The van der Waals surface area contributed by atoms with Crippen LogP contribution < -0.4 is 0 Å². The minimum atomic E-state index is -1.13. The van der Waals surface area contributed by atoms with Crippen molar-refractivity contribution in [2.45, 2.75) is 38.4 Å². The summed E-state index contributed by atoms with van der Waals surface area (Å²) in [4.78, 5) is 25.6. The van der Waals surface area contributed by atoms with Crippen LogP contribution in [0.1, 0.15) is 43.9 Å². The molecule has 3 aromatic carbocycles. The molecule has 0 aromatic heterocycles. The maximum atomic E-state index is 13.0. The number of hydrogen-bond donors (Lipinski definition) is 0. The highest BCUT2D eigenvalue weighted by molar-refractivity contribution is 5.95. The lowest BCUT2D eigenvalue weighted by atomic mass is 9.80. The van der Waals surface area contributed by atoms with Gasteiger partial charge in [0.05, 0.1) is 7.11 Å². The minimum Gasteiger partial charge on any atom is -0.468 e. The summed E-state index contributed by atoms with van der Waals surface area (Å²) >= 11 is 0. The summed E-state index contributed by atoms with van der Waals surface area (Å²) in [5.41, 5.74) is 1.27. The van der Waals surface area contributed by atoms with Crippen LogP contribution in [0.25, 0.3) is 0 Å². The van der Waals surface area contributed by atoms with Gasteiger partial charge in [-0.1, -0.05) is 97.1 Å². The lowest BCUT2D eigenvalue weighted by Crippen LogP contribution is -2.38. The maximum Gasteiger partial charge on any atom is 0.321 e. The van der Waals surface area contributed by atoms with Crippen molar-refractivity contribution in [3.63, 3.8) is 0 Å². The molecule has 2 atom stereocenters. The highest BCUT2D eigenvalue weighted by Gasteiger charge is 2.40. The van der Waals surface area contributed by atoms with Gasteiger partial charge in [0.1, 0.15) is 11.2 Å². The first-order chi connectivity index (χ1) is 17.7. The van der Waals surface area contributed by atoms with E-state index >= 15 is 0 Å². The van der Waals surface area contributed by atoms with Gasteiger partial charge in [-0.2, -0.15) is 0 Å². The molecule has 3 aromatic rings. The Kier molecular flexibility index (Phi) is 9.42. The summed E-state index contributed by atoms with van der Waals surface area (Å²) in [6.45, 7) is 9.43. The average molecular weight is 501 g/mol. The van der Waals surface area contributed by atoms with E-state index in [1.165, 1.54) is 7.11 Å². The van der Waals surface area contributed by atoms with Crippen LogP contribution in [-0.4, -0.2) is 31.3 Å². The average Bonchev–Trinajstić information content (AvgIpc) is 2.90. The molecule has 0 radical (unpaired) electrons. The van der Waals surface area contributed by atoms with Crippen molar-refractivity contribution in [2.75, 3.05) is 13.7 Å². The highest BCUT2D eigenvalue weighted by atomic mass is 16.6. The molecule has 0 N–H and O–H groups in total. The molecule has 5 heteroatoms. The first-order valence-corrected chi connectivity index (χ1v) is 12.5. The molecule has 0 amide bonds. The van der Waals surface area contributed by atoms with E-state index in [0.717, 1.165) is 16.7 Å². The third-order valence-electron chi connectivity index (χ3n) is 6.16. The molecule has 0 aliphatic carbocycles. The Morgan fingerprint density at radius 1 is 0.784 bits per heavy atom. The number of hydrogen-bond acceptors (Lipinski definition) is 5. The van der Waals surface area contributed by atoms with Gasteiger partial charge in [0.15, 0.2) is 5.92 Å². The number of ether oxygens (including phenoxy) is 3. The maximum absolute atomic E-state index is 13.0. The fourth-order valence-corrected chi connectivity index (χ4v) is 4.48. The lowest BCUT2D eigenvalue weighted by Gasteiger charge is -2.36. The van der Waals surface area contributed by atoms with Crippen LogP contribution in [-0.2, 0) is 29.4 Å². The van der Waals surface area contributed by atoms with Crippen molar-refractivity contribution >= 4 is 11.9 Å².